The third kappa shape index (κ3) is 3.98. The van der Waals surface area contributed by atoms with Crippen molar-refractivity contribution in [3.63, 3.8) is 0 Å². The Morgan fingerprint density at radius 3 is 2.74 bits per heavy atom. The highest BCUT2D eigenvalue weighted by atomic mass is 16.6. The van der Waals surface area contributed by atoms with Crippen LogP contribution in [0.2, 0.25) is 0 Å². The molecule has 23 heavy (non-hydrogen) atoms. The molecule has 1 aromatic rings. The molecule has 0 saturated carbocycles. The van der Waals surface area contributed by atoms with E-state index in [1.165, 1.54) is 0 Å². The summed E-state index contributed by atoms with van der Waals surface area (Å²) < 4.78 is 6.72. The molecule has 1 fully saturated rings. The number of hydrogen-bond acceptors (Lipinski definition) is 7. The molecule has 0 spiro atoms. The minimum atomic E-state index is -0.441. The molecule has 0 aromatic carbocycles. The Bertz CT molecular complexity index is 586. The third-order valence-corrected chi connectivity index (χ3v) is 3.99. The number of aromatic nitrogens is 2. The Hall–Kier alpha value is -2.16. The second-order valence-electron chi connectivity index (χ2n) is 5.54. The first-order valence-electron chi connectivity index (χ1n) is 7.74. The number of ether oxygens (including phenoxy) is 1. The van der Waals surface area contributed by atoms with Crippen molar-refractivity contribution in [1.82, 2.24) is 14.5 Å². The standard InChI is InChI=1S/C14H23N5O4/c1-4-23-12(20)10-17-6-5-7-18(9-8-17)14-13(19(21)22)15-11(2)16(14)3/h4-10H2,1-3H3. The summed E-state index contributed by atoms with van der Waals surface area (Å²) in [4.78, 5) is 30.4. The van der Waals surface area contributed by atoms with E-state index in [9.17, 15) is 14.9 Å². The molecule has 0 atom stereocenters. The Morgan fingerprint density at radius 2 is 2.09 bits per heavy atom. The van der Waals surface area contributed by atoms with Crippen LogP contribution in [0, 0.1) is 17.0 Å². The molecule has 0 N–H and O–H groups in total. The smallest absolute Gasteiger partial charge is 0.406 e. The molecule has 9 heteroatoms. The van der Waals surface area contributed by atoms with Crippen LogP contribution in [0.1, 0.15) is 19.2 Å². The normalized spacial score (nSPS) is 16.2. The SMILES string of the molecule is CCOC(=O)CN1CCCN(c2c([N+](=O)[O-])nc(C)n2C)CC1. The Kier molecular flexibility index (Phi) is 5.54. The number of nitro groups is 1. The summed E-state index contributed by atoms with van der Waals surface area (Å²) in [6.07, 6.45) is 0.820. The van der Waals surface area contributed by atoms with Crippen LogP contribution in [0.25, 0.3) is 0 Å². The van der Waals surface area contributed by atoms with E-state index in [4.69, 9.17) is 4.74 Å². The van der Waals surface area contributed by atoms with Gasteiger partial charge in [-0.05, 0) is 23.3 Å². The fourth-order valence-corrected chi connectivity index (χ4v) is 2.79. The van der Waals surface area contributed by atoms with E-state index in [0.29, 0.717) is 37.9 Å². The number of carbonyl (C=O) groups excluding carboxylic acids is 1. The van der Waals surface area contributed by atoms with Gasteiger partial charge in [-0.3, -0.25) is 14.3 Å². The number of rotatable bonds is 5. The van der Waals surface area contributed by atoms with Gasteiger partial charge in [-0.1, -0.05) is 0 Å². The lowest BCUT2D eigenvalue weighted by Crippen LogP contribution is -2.35. The maximum atomic E-state index is 11.6. The number of imidazole rings is 1. The van der Waals surface area contributed by atoms with Crippen molar-refractivity contribution in [1.29, 1.82) is 0 Å². The van der Waals surface area contributed by atoms with Gasteiger partial charge in [0.25, 0.3) is 0 Å². The quantitative estimate of drug-likeness (QED) is 0.447. The summed E-state index contributed by atoms with van der Waals surface area (Å²) in [6, 6.07) is 0. The summed E-state index contributed by atoms with van der Waals surface area (Å²) in [5.41, 5.74) is 0. The van der Waals surface area contributed by atoms with Crippen LogP contribution in [-0.2, 0) is 16.6 Å². The number of esters is 1. The van der Waals surface area contributed by atoms with Crippen LogP contribution >= 0.6 is 0 Å². The van der Waals surface area contributed by atoms with Crippen LogP contribution in [0.4, 0.5) is 11.6 Å². The van der Waals surface area contributed by atoms with Crippen LogP contribution in [-0.4, -0.2) is 64.7 Å². The predicted octanol–water partition coefficient (Wildman–Crippen LogP) is 0.712. The first-order chi connectivity index (χ1) is 10.9. The van der Waals surface area contributed by atoms with Gasteiger partial charge in [0, 0.05) is 40.2 Å². The Balaban J connectivity index is 2.09. The highest BCUT2D eigenvalue weighted by Gasteiger charge is 2.29. The molecule has 1 aromatic heterocycles. The molecule has 2 rings (SSSR count). The molecule has 0 unspecified atom stereocenters. The molecule has 2 heterocycles. The van der Waals surface area contributed by atoms with Crippen molar-refractivity contribution in [2.24, 2.45) is 7.05 Å². The molecule has 1 aliphatic heterocycles. The second-order valence-corrected chi connectivity index (χ2v) is 5.54. The number of hydrogen-bond donors (Lipinski definition) is 0. The fraction of sp³-hybridized carbons (Fsp3) is 0.714. The number of aryl methyl sites for hydroxylation is 1. The molecule has 9 nitrogen and oxygen atoms in total. The summed E-state index contributed by atoms with van der Waals surface area (Å²) in [5.74, 6) is 0.803. The molecule has 128 valence electrons. The first kappa shape index (κ1) is 17.2. The molecule has 1 saturated heterocycles. The van der Waals surface area contributed by atoms with E-state index >= 15 is 0 Å². The molecule has 0 amide bonds. The van der Waals surface area contributed by atoms with E-state index in [1.54, 1.807) is 25.5 Å². The zero-order valence-corrected chi connectivity index (χ0v) is 13.8. The summed E-state index contributed by atoms with van der Waals surface area (Å²) in [6.45, 7) is 6.89. The number of anilines is 1. The van der Waals surface area contributed by atoms with Gasteiger partial charge in [0.2, 0.25) is 11.6 Å². The Morgan fingerprint density at radius 1 is 1.35 bits per heavy atom. The van der Waals surface area contributed by atoms with Gasteiger partial charge in [-0.25, -0.2) is 0 Å². The zero-order chi connectivity index (χ0) is 17.0. The van der Waals surface area contributed by atoms with E-state index < -0.39 is 4.92 Å². The van der Waals surface area contributed by atoms with E-state index in [1.807, 2.05) is 9.80 Å². The second kappa shape index (κ2) is 7.40. The topological polar surface area (TPSA) is 93.7 Å². The van der Waals surface area contributed by atoms with Gasteiger partial charge < -0.3 is 19.8 Å². The van der Waals surface area contributed by atoms with Crippen LogP contribution in [0.5, 0.6) is 0 Å². The minimum absolute atomic E-state index is 0.108. The van der Waals surface area contributed by atoms with Crippen molar-refractivity contribution >= 4 is 17.6 Å². The fourth-order valence-electron chi connectivity index (χ4n) is 2.79. The van der Waals surface area contributed by atoms with Crippen molar-refractivity contribution in [2.75, 3.05) is 44.2 Å². The molecule has 0 aliphatic carbocycles. The minimum Gasteiger partial charge on any atom is -0.465 e. The van der Waals surface area contributed by atoms with Crippen molar-refractivity contribution in [3.05, 3.63) is 15.9 Å². The highest BCUT2D eigenvalue weighted by molar-refractivity contribution is 5.71. The van der Waals surface area contributed by atoms with E-state index in [2.05, 4.69) is 4.98 Å². The predicted molar refractivity (Wildman–Crippen MR) is 84.5 cm³/mol. The molecule has 0 bridgehead atoms. The van der Waals surface area contributed by atoms with Gasteiger partial charge in [0.1, 0.15) is 0 Å². The van der Waals surface area contributed by atoms with Crippen molar-refractivity contribution < 1.29 is 14.5 Å². The van der Waals surface area contributed by atoms with Crippen molar-refractivity contribution in [2.45, 2.75) is 20.3 Å². The van der Waals surface area contributed by atoms with Gasteiger partial charge in [-0.15, -0.1) is 0 Å². The lowest BCUT2D eigenvalue weighted by Gasteiger charge is -2.22. The average Bonchev–Trinajstić information content (AvgIpc) is 2.66. The molecule has 0 radical (unpaired) electrons. The van der Waals surface area contributed by atoms with Gasteiger partial charge in [0.05, 0.1) is 13.2 Å². The van der Waals surface area contributed by atoms with Crippen LogP contribution in [0.3, 0.4) is 0 Å². The van der Waals surface area contributed by atoms with Gasteiger partial charge in [0.15, 0.2) is 0 Å². The van der Waals surface area contributed by atoms with Crippen molar-refractivity contribution in [3.8, 4) is 0 Å². The highest BCUT2D eigenvalue weighted by Crippen LogP contribution is 2.28. The summed E-state index contributed by atoms with van der Waals surface area (Å²) in [7, 11) is 1.78. The van der Waals surface area contributed by atoms with Crippen LogP contribution < -0.4 is 4.90 Å². The van der Waals surface area contributed by atoms with Gasteiger partial charge >= 0.3 is 11.8 Å². The number of nitrogens with zero attached hydrogens (tertiary/aromatic N) is 5. The summed E-state index contributed by atoms with van der Waals surface area (Å²) in [5, 5.41) is 11.2. The van der Waals surface area contributed by atoms with E-state index in [-0.39, 0.29) is 18.3 Å². The maximum absolute atomic E-state index is 11.6. The van der Waals surface area contributed by atoms with Gasteiger partial charge in [-0.2, -0.15) is 0 Å². The Labute approximate surface area is 135 Å². The largest absolute Gasteiger partial charge is 0.465 e. The monoisotopic (exact) mass is 325 g/mol. The zero-order valence-electron chi connectivity index (χ0n) is 13.8. The van der Waals surface area contributed by atoms with Crippen LogP contribution in [0.15, 0.2) is 0 Å². The average molecular weight is 325 g/mol. The lowest BCUT2D eigenvalue weighted by atomic mass is 10.3. The number of carbonyl (C=O) groups is 1. The lowest BCUT2D eigenvalue weighted by molar-refractivity contribution is -0.388. The van der Waals surface area contributed by atoms with E-state index in [0.717, 1.165) is 13.0 Å². The first-order valence-corrected chi connectivity index (χ1v) is 7.74. The molecular formula is C14H23N5O4. The maximum Gasteiger partial charge on any atom is 0.406 e. The molecule has 1 aliphatic rings. The third-order valence-electron chi connectivity index (χ3n) is 3.99. The molecular weight excluding hydrogens is 302 g/mol. The summed E-state index contributed by atoms with van der Waals surface area (Å²) >= 11 is 0.